The molecule has 0 saturated carbocycles. The molecule has 2 aromatic carbocycles. The summed E-state index contributed by atoms with van der Waals surface area (Å²) >= 11 is 0. The number of aryl methyl sites for hydroxylation is 1. The zero-order chi connectivity index (χ0) is 18.8. The molecule has 140 valence electrons. The van der Waals surface area contributed by atoms with E-state index in [1.807, 2.05) is 6.07 Å². The number of likely N-dealkylation sites (N-methyl/N-ethyl adjacent to an activating group) is 1. The lowest BCUT2D eigenvalue weighted by molar-refractivity contribution is 0.102. The highest BCUT2D eigenvalue weighted by Gasteiger charge is 2.24. The highest BCUT2D eigenvalue weighted by atomic mass is 19.1. The van der Waals surface area contributed by atoms with Gasteiger partial charge in [-0.2, -0.15) is 0 Å². The molecule has 3 nitrogen and oxygen atoms in total. The molecule has 0 radical (unpaired) electrons. The normalized spacial score (nSPS) is 19.4. The van der Waals surface area contributed by atoms with Crippen LogP contribution in [0.3, 0.4) is 0 Å². The van der Waals surface area contributed by atoms with Crippen molar-refractivity contribution in [3.05, 3.63) is 70.5 Å². The van der Waals surface area contributed by atoms with Gasteiger partial charge in [0.2, 0.25) is 0 Å². The lowest BCUT2D eigenvalue weighted by Gasteiger charge is -2.36. The molecular weight excluding hydrogens is 339 g/mol. The van der Waals surface area contributed by atoms with Crippen molar-refractivity contribution >= 4 is 17.5 Å². The van der Waals surface area contributed by atoms with Gasteiger partial charge in [0.25, 0.3) is 0 Å². The molecule has 0 atom stereocenters. The fourth-order valence-electron chi connectivity index (χ4n) is 4.00. The van der Waals surface area contributed by atoms with Crippen LogP contribution in [0.4, 0.5) is 10.1 Å². The number of rotatable bonds is 3. The molecule has 0 unspecified atom stereocenters. The third-order valence-electron chi connectivity index (χ3n) is 5.71. The monoisotopic (exact) mass is 364 g/mol. The summed E-state index contributed by atoms with van der Waals surface area (Å²) in [6, 6.07) is 12.8. The number of carbonyl (C=O) groups excluding carboxylic acids is 1. The van der Waals surface area contributed by atoms with Crippen molar-refractivity contribution in [1.82, 2.24) is 4.90 Å². The van der Waals surface area contributed by atoms with E-state index in [2.05, 4.69) is 28.9 Å². The van der Waals surface area contributed by atoms with Crippen LogP contribution < -0.4 is 4.90 Å². The number of halogens is 1. The summed E-state index contributed by atoms with van der Waals surface area (Å²) in [6.45, 7) is 7.53. The van der Waals surface area contributed by atoms with Crippen molar-refractivity contribution in [2.24, 2.45) is 0 Å². The molecule has 1 heterocycles. The van der Waals surface area contributed by atoms with E-state index < -0.39 is 0 Å². The first kappa shape index (κ1) is 17.9. The molecule has 0 aromatic heterocycles. The van der Waals surface area contributed by atoms with Gasteiger partial charge in [-0.1, -0.05) is 25.1 Å². The second-order valence-electron chi connectivity index (χ2n) is 7.28. The van der Waals surface area contributed by atoms with Crippen molar-refractivity contribution < 1.29 is 9.18 Å². The van der Waals surface area contributed by atoms with Crippen molar-refractivity contribution in [3.63, 3.8) is 0 Å². The Kier molecular flexibility index (Phi) is 5.08. The zero-order valence-electron chi connectivity index (χ0n) is 15.7. The van der Waals surface area contributed by atoms with Gasteiger partial charge in [0, 0.05) is 48.6 Å². The van der Waals surface area contributed by atoms with Crippen LogP contribution in [0.5, 0.6) is 0 Å². The SMILES string of the molecule is CCN1CCN(c2ccc3c(c2)CC/C(=C\c2ccccc2F)C3=O)CC1. The molecule has 4 rings (SSSR count). The number of allylic oxidation sites excluding steroid dienone is 1. The molecule has 1 fully saturated rings. The lowest BCUT2D eigenvalue weighted by atomic mass is 9.85. The van der Waals surface area contributed by atoms with Crippen LogP contribution in [0.15, 0.2) is 48.0 Å². The number of hydrogen-bond donors (Lipinski definition) is 0. The Morgan fingerprint density at radius 3 is 2.56 bits per heavy atom. The summed E-state index contributed by atoms with van der Waals surface area (Å²) in [7, 11) is 0. The maximum Gasteiger partial charge on any atom is 0.189 e. The van der Waals surface area contributed by atoms with Gasteiger partial charge in [-0.3, -0.25) is 4.79 Å². The van der Waals surface area contributed by atoms with E-state index in [0.29, 0.717) is 17.6 Å². The van der Waals surface area contributed by atoms with E-state index >= 15 is 0 Å². The largest absolute Gasteiger partial charge is 0.369 e. The van der Waals surface area contributed by atoms with E-state index in [9.17, 15) is 9.18 Å². The molecule has 0 N–H and O–H groups in total. The number of hydrogen-bond acceptors (Lipinski definition) is 3. The van der Waals surface area contributed by atoms with E-state index in [-0.39, 0.29) is 11.6 Å². The Bertz CT molecular complexity index is 882. The fourth-order valence-corrected chi connectivity index (χ4v) is 4.00. The first-order valence-electron chi connectivity index (χ1n) is 9.75. The molecule has 2 aromatic rings. The Labute approximate surface area is 160 Å². The highest BCUT2D eigenvalue weighted by molar-refractivity contribution is 6.13. The predicted octanol–water partition coefficient (Wildman–Crippen LogP) is 4.18. The van der Waals surface area contributed by atoms with Crippen LogP contribution >= 0.6 is 0 Å². The van der Waals surface area contributed by atoms with Crippen LogP contribution in [0.2, 0.25) is 0 Å². The Morgan fingerprint density at radius 1 is 1.04 bits per heavy atom. The van der Waals surface area contributed by atoms with E-state index in [0.717, 1.165) is 50.3 Å². The van der Waals surface area contributed by atoms with E-state index in [4.69, 9.17) is 0 Å². The van der Waals surface area contributed by atoms with Gasteiger partial charge in [-0.15, -0.1) is 0 Å². The van der Waals surface area contributed by atoms with Crippen LogP contribution in [-0.4, -0.2) is 43.4 Å². The van der Waals surface area contributed by atoms with Crippen LogP contribution in [0.25, 0.3) is 6.08 Å². The summed E-state index contributed by atoms with van der Waals surface area (Å²) in [6.07, 6.45) is 3.19. The van der Waals surface area contributed by atoms with Gasteiger partial charge in [0.15, 0.2) is 5.78 Å². The van der Waals surface area contributed by atoms with Crippen LogP contribution in [0, 0.1) is 5.82 Å². The average molecular weight is 364 g/mol. The quantitative estimate of drug-likeness (QED) is 0.764. The van der Waals surface area contributed by atoms with Gasteiger partial charge in [0.05, 0.1) is 0 Å². The van der Waals surface area contributed by atoms with Crippen molar-refractivity contribution in [2.75, 3.05) is 37.6 Å². The zero-order valence-corrected chi connectivity index (χ0v) is 15.7. The Hall–Kier alpha value is -2.46. The molecule has 27 heavy (non-hydrogen) atoms. The molecule has 1 aliphatic heterocycles. The average Bonchev–Trinajstić information content (AvgIpc) is 2.71. The first-order valence-corrected chi connectivity index (χ1v) is 9.75. The maximum atomic E-state index is 13.9. The van der Waals surface area contributed by atoms with Crippen LogP contribution in [0.1, 0.15) is 34.8 Å². The van der Waals surface area contributed by atoms with Gasteiger partial charge in [0.1, 0.15) is 5.82 Å². The van der Waals surface area contributed by atoms with Gasteiger partial charge < -0.3 is 9.80 Å². The molecular formula is C23H25FN2O. The minimum absolute atomic E-state index is 0.0295. The van der Waals surface area contributed by atoms with Crippen molar-refractivity contribution in [2.45, 2.75) is 19.8 Å². The number of Topliss-reactive ketones (excluding diaryl/α,β-unsaturated/α-hetero) is 1. The Balaban J connectivity index is 1.55. The van der Waals surface area contributed by atoms with Crippen molar-refractivity contribution in [1.29, 1.82) is 0 Å². The second-order valence-corrected chi connectivity index (χ2v) is 7.28. The lowest BCUT2D eigenvalue weighted by Crippen LogP contribution is -2.46. The maximum absolute atomic E-state index is 13.9. The number of ketones is 1. The number of benzene rings is 2. The number of anilines is 1. The fraction of sp³-hybridized carbons (Fsp3) is 0.348. The van der Waals surface area contributed by atoms with Gasteiger partial charge in [-0.05, 0) is 55.3 Å². The van der Waals surface area contributed by atoms with Crippen LogP contribution in [-0.2, 0) is 6.42 Å². The number of carbonyl (C=O) groups is 1. The molecule has 0 bridgehead atoms. The van der Waals surface area contributed by atoms with E-state index in [1.54, 1.807) is 24.3 Å². The molecule has 1 aliphatic carbocycles. The smallest absolute Gasteiger partial charge is 0.189 e. The second kappa shape index (κ2) is 7.65. The minimum atomic E-state index is -0.287. The van der Waals surface area contributed by atoms with Gasteiger partial charge in [-0.25, -0.2) is 4.39 Å². The molecule has 0 amide bonds. The summed E-state index contributed by atoms with van der Waals surface area (Å²) in [5, 5.41) is 0. The number of piperazine rings is 1. The van der Waals surface area contributed by atoms with Crippen molar-refractivity contribution in [3.8, 4) is 0 Å². The number of nitrogens with zero attached hydrogens (tertiary/aromatic N) is 2. The number of fused-ring (bicyclic) bond motifs is 1. The third-order valence-corrected chi connectivity index (χ3v) is 5.71. The molecule has 1 saturated heterocycles. The van der Waals surface area contributed by atoms with E-state index in [1.165, 1.54) is 11.8 Å². The first-order chi connectivity index (χ1) is 13.2. The molecule has 4 heteroatoms. The molecule has 0 spiro atoms. The highest BCUT2D eigenvalue weighted by Crippen LogP contribution is 2.30. The summed E-state index contributed by atoms with van der Waals surface area (Å²) in [5.41, 5.74) is 4.26. The third kappa shape index (κ3) is 3.67. The van der Waals surface area contributed by atoms with Gasteiger partial charge >= 0.3 is 0 Å². The standard InChI is InChI=1S/C23H25FN2O/c1-2-25-11-13-26(14-12-25)20-9-10-21-17(16-20)7-8-19(23(21)27)15-18-5-3-4-6-22(18)24/h3-6,9-10,15-16H,2,7-8,11-14H2,1H3/b19-15+. The Morgan fingerprint density at radius 2 is 1.81 bits per heavy atom. The summed E-state index contributed by atoms with van der Waals surface area (Å²) in [5.74, 6) is -0.257. The summed E-state index contributed by atoms with van der Waals surface area (Å²) in [4.78, 5) is 17.8. The topological polar surface area (TPSA) is 23.6 Å². The minimum Gasteiger partial charge on any atom is -0.369 e. The predicted molar refractivity (Wildman–Crippen MR) is 108 cm³/mol. The molecule has 2 aliphatic rings. The summed E-state index contributed by atoms with van der Waals surface area (Å²) < 4.78 is 13.9.